The quantitative estimate of drug-likeness (QED) is 0.244. The average molecular weight is 579 g/mol. The lowest BCUT2D eigenvalue weighted by molar-refractivity contribution is 0.0106. The fraction of sp³-hybridized carbons (Fsp3) is 0.471. The van der Waals surface area contributed by atoms with Crippen molar-refractivity contribution < 1.29 is 28.1 Å². The number of hydrogen-bond donors (Lipinski definition) is 1. The van der Waals surface area contributed by atoms with Crippen molar-refractivity contribution in [2.75, 3.05) is 71.2 Å². The van der Waals surface area contributed by atoms with Gasteiger partial charge in [-0.2, -0.15) is 0 Å². The largest absolute Gasteiger partial charge is 0.491 e. The van der Waals surface area contributed by atoms with E-state index >= 15 is 0 Å². The summed E-state index contributed by atoms with van der Waals surface area (Å²) < 4.78 is 42.5. The van der Waals surface area contributed by atoms with Crippen LogP contribution < -0.4 is 19.7 Å². The van der Waals surface area contributed by atoms with Crippen LogP contribution in [0.5, 0.6) is 11.5 Å². The van der Waals surface area contributed by atoms with Gasteiger partial charge in [0.1, 0.15) is 30.5 Å². The summed E-state index contributed by atoms with van der Waals surface area (Å²) in [5.74, 6) is 1.87. The molecule has 5 rings (SSSR count). The minimum Gasteiger partial charge on any atom is -0.491 e. The van der Waals surface area contributed by atoms with E-state index < -0.39 is 0 Å². The Bertz CT molecular complexity index is 1240. The van der Waals surface area contributed by atoms with Gasteiger partial charge in [-0.15, -0.1) is 0 Å². The fourth-order valence-electron chi connectivity index (χ4n) is 5.64. The number of hydrogen-bond acceptors (Lipinski definition) is 7. The molecule has 3 aromatic rings. The van der Waals surface area contributed by atoms with Crippen LogP contribution in [0.2, 0.25) is 0 Å². The molecule has 42 heavy (non-hydrogen) atoms. The molecule has 0 amide bonds. The summed E-state index contributed by atoms with van der Waals surface area (Å²) in [6.07, 6.45) is 2.78. The van der Waals surface area contributed by atoms with Crippen molar-refractivity contribution in [3.8, 4) is 11.5 Å². The first kappa shape index (κ1) is 30.3. The predicted molar refractivity (Wildman–Crippen MR) is 162 cm³/mol. The maximum atomic E-state index is 13.3. The molecule has 7 nitrogen and oxygen atoms in total. The van der Waals surface area contributed by atoms with Crippen LogP contribution in [-0.4, -0.2) is 72.4 Å². The van der Waals surface area contributed by atoms with Crippen molar-refractivity contribution >= 4 is 5.69 Å². The van der Waals surface area contributed by atoms with Crippen LogP contribution in [0.25, 0.3) is 0 Å². The Kier molecular flexibility index (Phi) is 11.5. The van der Waals surface area contributed by atoms with Crippen molar-refractivity contribution in [2.24, 2.45) is 0 Å². The number of nitrogens with one attached hydrogen (secondary N) is 1. The Morgan fingerprint density at radius 3 is 2.74 bits per heavy atom. The zero-order valence-electron chi connectivity index (χ0n) is 24.6. The number of piperidine rings is 1. The smallest absolute Gasteiger partial charge is 0.142 e. The van der Waals surface area contributed by atoms with Crippen molar-refractivity contribution in [2.45, 2.75) is 37.9 Å². The Balaban J connectivity index is 1.09. The van der Waals surface area contributed by atoms with Gasteiger partial charge in [0.05, 0.1) is 38.2 Å². The van der Waals surface area contributed by atoms with Crippen molar-refractivity contribution in [3.05, 3.63) is 89.2 Å². The van der Waals surface area contributed by atoms with E-state index in [1.54, 1.807) is 19.2 Å². The standard InChI is InChI=1S/C34H43FN2O5/c1-38-17-3-15-37-16-19-41-33-11-6-27(23-32(33)37)25-42-34-24-36-14-12-31(34)28-7-9-30(10-8-28)40-21-20-39-18-13-26-4-2-5-29(35)22-26/h2,4-11,22-23,31,34,36H,3,12-21,24-25H2,1H3. The lowest BCUT2D eigenvalue weighted by atomic mass is 9.87. The summed E-state index contributed by atoms with van der Waals surface area (Å²) in [4.78, 5) is 2.38. The van der Waals surface area contributed by atoms with Gasteiger partial charge in [0.15, 0.2) is 0 Å². The Morgan fingerprint density at radius 1 is 0.976 bits per heavy atom. The molecule has 2 aliphatic rings. The third kappa shape index (κ3) is 8.67. The van der Waals surface area contributed by atoms with E-state index in [-0.39, 0.29) is 11.9 Å². The number of nitrogens with zero attached hydrogens (tertiary/aromatic N) is 1. The van der Waals surface area contributed by atoms with E-state index in [2.05, 4.69) is 40.5 Å². The fourth-order valence-corrected chi connectivity index (χ4v) is 5.64. The van der Waals surface area contributed by atoms with Gasteiger partial charge < -0.3 is 33.9 Å². The molecule has 0 spiro atoms. The van der Waals surface area contributed by atoms with E-state index in [4.69, 9.17) is 23.7 Å². The molecule has 1 fully saturated rings. The molecule has 0 aliphatic carbocycles. The second kappa shape index (κ2) is 15.9. The lowest BCUT2D eigenvalue weighted by Crippen LogP contribution is -2.41. The first-order valence-electron chi connectivity index (χ1n) is 15.1. The molecular formula is C34H43FN2O5. The molecule has 0 saturated carbocycles. The Hall–Kier alpha value is -3.17. The summed E-state index contributed by atoms with van der Waals surface area (Å²) in [5, 5.41) is 3.50. The second-order valence-corrected chi connectivity index (χ2v) is 10.8. The van der Waals surface area contributed by atoms with Crippen LogP contribution in [0.3, 0.4) is 0 Å². The third-order valence-electron chi connectivity index (χ3n) is 7.88. The molecule has 0 bridgehead atoms. The monoisotopic (exact) mass is 578 g/mol. The third-order valence-corrected chi connectivity index (χ3v) is 7.88. The number of fused-ring (bicyclic) bond motifs is 1. The molecule has 2 aliphatic heterocycles. The maximum Gasteiger partial charge on any atom is 0.142 e. The second-order valence-electron chi connectivity index (χ2n) is 10.8. The van der Waals surface area contributed by atoms with Gasteiger partial charge in [-0.1, -0.05) is 30.3 Å². The summed E-state index contributed by atoms with van der Waals surface area (Å²) >= 11 is 0. The number of methoxy groups -OCH3 is 1. The normalized spacial score (nSPS) is 18.4. The molecule has 226 valence electrons. The Morgan fingerprint density at radius 2 is 1.88 bits per heavy atom. The summed E-state index contributed by atoms with van der Waals surface area (Å²) in [7, 11) is 1.75. The van der Waals surface area contributed by atoms with Crippen LogP contribution in [-0.2, 0) is 27.2 Å². The molecule has 3 aromatic carbocycles. The summed E-state index contributed by atoms with van der Waals surface area (Å²) in [5.41, 5.74) is 4.50. The molecule has 2 atom stereocenters. The van der Waals surface area contributed by atoms with E-state index in [0.717, 1.165) is 73.9 Å². The molecular weight excluding hydrogens is 535 g/mol. The number of ether oxygens (including phenoxy) is 5. The van der Waals surface area contributed by atoms with Crippen LogP contribution >= 0.6 is 0 Å². The highest BCUT2D eigenvalue weighted by atomic mass is 19.1. The van der Waals surface area contributed by atoms with Gasteiger partial charge in [0.25, 0.3) is 0 Å². The molecule has 1 saturated heterocycles. The van der Waals surface area contributed by atoms with E-state index in [0.29, 0.717) is 45.4 Å². The van der Waals surface area contributed by atoms with E-state index in [9.17, 15) is 4.39 Å². The first-order chi connectivity index (χ1) is 20.7. The van der Waals surface area contributed by atoms with Gasteiger partial charge in [-0.3, -0.25) is 0 Å². The summed E-state index contributed by atoms with van der Waals surface area (Å²) in [6, 6.07) is 21.4. The van der Waals surface area contributed by atoms with Crippen LogP contribution in [0.1, 0.15) is 35.4 Å². The van der Waals surface area contributed by atoms with Gasteiger partial charge in [-0.05, 0) is 78.9 Å². The number of rotatable bonds is 15. The molecule has 8 heteroatoms. The zero-order chi connectivity index (χ0) is 29.0. The molecule has 2 heterocycles. The summed E-state index contributed by atoms with van der Waals surface area (Å²) in [6.45, 7) is 7.16. The Labute approximate surface area is 248 Å². The van der Waals surface area contributed by atoms with Crippen molar-refractivity contribution in [1.82, 2.24) is 5.32 Å². The number of benzene rings is 3. The molecule has 0 radical (unpaired) electrons. The molecule has 2 unspecified atom stereocenters. The highest BCUT2D eigenvalue weighted by Crippen LogP contribution is 2.34. The van der Waals surface area contributed by atoms with Gasteiger partial charge in [0.2, 0.25) is 0 Å². The highest BCUT2D eigenvalue weighted by Gasteiger charge is 2.27. The first-order valence-corrected chi connectivity index (χ1v) is 15.1. The zero-order valence-corrected chi connectivity index (χ0v) is 24.6. The molecule has 1 N–H and O–H groups in total. The van der Waals surface area contributed by atoms with Crippen LogP contribution in [0.15, 0.2) is 66.7 Å². The van der Waals surface area contributed by atoms with Crippen LogP contribution in [0, 0.1) is 5.82 Å². The molecule has 0 aromatic heterocycles. The van der Waals surface area contributed by atoms with Gasteiger partial charge >= 0.3 is 0 Å². The van der Waals surface area contributed by atoms with Gasteiger partial charge in [-0.25, -0.2) is 4.39 Å². The average Bonchev–Trinajstić information content (AvgIpc) is 3.02. The lowest BCUT2D eigenvalue weighted by Gasteiger charge is -2.33. The topological polar surface area (TPSA) is 61.4 Å². The van der Waals surface area contributed by atoms with E-state index in [1.165, 1.54) is 11.6 Å². The van der Waals surface area contributed by atoms with E-state index in [1.807, 2.05) is 18.2 Å². The SMILES string of the molecule is COCCCN1CCOc2ccc(COC3CNCCC3c3ccc(OCCOCCc4cccc(F)c4)cc3)cc21. The van der Waals surface area contributed by atoms with Crippen LogP contribution in [0.4, 0.5) is 10.1 Å². The van der Waals surface area contributed by atoms with Crippen molar-refractivity contribution in [3.63, 3.8) is 0 Å². The maximum absolute atomic E-state index is 13.3. The minimum absolute atomic E-state index is 0.0853. The van der Waals surface area contributed by atoms with Crippen molar-refractivity contribution in [1.29, 1.82) is 0 Å². The number of halogens is 1. The minimum atomic E-state index is -0.215. The predicted octanol–water partition coefficient (Wildman–Crippen LogP) is 5.36. The highest BCUT2D eigenvalue weighted by molar-refractivity contribution is 5.61. The van der Waals surface area contributed by atoms with Gasteiger partial charge in [0, 0.05) is 32.7 Å². The number of anilines is 1.